The molecule has 2 atom stereocenters. The molecule has 2 aliphatic heterocycles. The van der Waals surface area contributed by atoms with Crippen molar-refractivity contribution in [3.8, 4) is 5.75 Å². The van der Waals surface area contributed by atoms with Crippen LogP contribution in [0.25, 0.3) is 0 Å². The number of halogens is 2. The van der Waals surface area contributed by atoms with Gasteiger partial charge in [0.1, 0.15) is 6.10 Å². The van der Waals surface area contributed by atoms with Gasteiger partial charge in [-0.1, -0.05) is 6.07 Å². The first-order valence-electron chi connectivity index (χ1n) is 10.4. The number of ether oxygens (including phenoxy) is 3. The summed E-state index contributed by atoms with van der Waals surface area (Å²) in [5, 5.41) is 2.81. The van der Waals surface area contributed by atoms with Gasteiger partial charge in [-0.2, -0.15) is 4.39 Å². The zero-order chi connectivity index (χ0) is 22.6. The number of pyridine rings is 1. The average molecular weight is 436 g/mol. The van der Waals surface area contributed by atoms with E-state index < -0.39 is 11.6 Å². The Morgan fingerprint density at radius 1 is 1.16 bits per heavy atom. The maximum Gasteiger partial charge on any atom is 0.253 e. The highest BCUT2D eigenvalue weighted by molar-refractivity contribution is 5.94. The van der Waals surface area contributed by atoms with Gasteiger partial charge in [-0.25, -0.2) is 4.39 Å². The van der Waals surface area contributed by atoms with Crippen molar-refractivity contribution >= 4 is 11.6 Å². The Hall–Kier alpha value is -2.58. The smallest absolute Gasteiger partial charge is 0.253 e. The summed E-state index contributed by atoms with van der Waals surface area (Å²) in [7, 11) is 1.29. The third kappa shape index (κ3) is 8.59. The molecule has 2 aliphatic rings. The lowest BCUT2D eigenvalue weighted by Crippen LogP contribution is -2.27. The van der Waals surface area contributed by atoms with E-state index in [2.05, 4.69) is 15.0 Å². The Balaban J connectivity index is 0.000000192. The fraction of sp³-hybridized carbons (Fsp3) is 0.478. The first-order valence-corrected chi connectivity index (χ1v) is 10.4. The summed E-state index contributed by atoms with van der Waals surface area (Å²) in [6.07, 6.45) is 5.84. The summed E-state index contributed by atoms with van der Waals surface area (Å²) in [5.74, 6) is -1.97. The van der Waals surface area contributed by atoms with E-state index in [1.54, 1.807) is 6.20 Å². The molecule has 31 heavy (non-hydrogen) atoms. The number of carbonyl (C=O) groups is 1. The maximum atomic E-state index is 12.5. The van der Waals surface area contributed by atoms with Crippen molar-refractivity contribution in [1.29, 1.82) is 0 Å². The predicted molar refractivity (Wildman–Crippen MR) is 114 cm³/mol. The van der Waals surface area contributed by atoms with Gasteiger partial charge in [0.05, 0.1) is 25.1 Å². The number of aromatic nitrogens is 1. The summed E-state index contributed by atoms with van der Waals surface area (Å²) in [6.45, 7) is 5.90. The van der Waals surface area contributed by atoms with Crippen LogP contribution in [0, 0.1) is 18.6 Å². The van der Waals surface area contributed by atoms with Gasteiger partial charge >= 0.3 is 0 Å². The van der Waals surface area contributed by atoms with Gasteiger partial charge in [-0.3, -0.25) is 9.78 Å². The standard InChI is InChI=1S/C12H16N2O2.C7H6F2O.C4H8O/c1-8-3-5-10(7-13-8)14-12(15)11-6-4-9(2)16-11;1-10-6-4-2-3-5(8)7(6)9;1-2-4-5-3-1/h3,5,7,9,11H,4,6H2,1-2H3,(H,14,15);2-4H,1H3;1-4H2. The fourth-order valence-corrected chi connectivity index (χ4v) is 2.91. The van der Waals surface area contributed by atoms with Crippen LogP contribution >= 0.6 is 0 Å². The van der Waals surface area contributed by atoms with E-state index in [0.29, 0.717) is 0 Å². The van der Waals surface area contributed by atoms with Crippen LogP contribution in [0.15, 0.2) is 36.5 Å². The summed E-state index contributed by atoms with van der Waals surface area (Å²) in [5.41, 5.74) is 1.66. The van der Waals surface area contributed by atoms with Crippen molar-refractivity contribution in [2.75, 3.05) is 25.6 Å². The van der Waals surface area contributed by atoms with Gasteiger partial charge in [0, 0.05) is 18.9 Å². The molecule has 1 aromatic carbocycles. The first-order chi connectivity index (χ1) is 14.9. The maximum absolute atomic E-state index is 12.5. The predicted octanol–water partition coefficient (Wildman–Crippen LogP) is 4.67. The largest absolute Gasteiger partial charge is 0.494 e. The van der Waals surface area contributed by atoms with Crippen LogP contribution in [0.1, 0.15) is 38.3 Å². The highest BCUT2D eigenvalue weighted by atomic mass is 19.2. The number of nitrogens with one attached hydrogen (secondary N) is 1. The Bertz CT molecular complexity index is 806. The molecule has 2 fully saturated rings. The zero-order valence-electron chi connectivity index (χ0n) is 18.2. The summed E-state index contributed by atoms with van der Waals surface area (Å²) in [4.78, 5) is 15.9. The van der Waals surface area contributed by atoms with Crippen LogP contribution in [0.2, 0.25) is 0 Å². The van der Waals surface area contributed by atoms with Crippen LogP contribution in [0.3, 0.4) is 0 Å². The fourth-order valence-electron chi connectivity index (χ4n) is 2.91. The molecular formula is C23H30F2N2O4. The number of carbonyl (C=O) groups excluding carboxylic acids is 1. The summed E-state index contributed by atoms with van der Waals surface area (Å²) >= 11 is 0. The lowest BCUT2D eigenvalue weighted by molar-refractivity contribution is -0.126. The second-order valence-corrected chi connectivity index (χ2v) is 7.27. The number of hydrogen-bond donors (Lipinski definition) is 1. The van der Waals surface area contributed by atoms with Gasteiger partial charge in [0.2, 0.25) is 5.82 Å². The molecule has 2 aromatic rings. The van der Waals surface area contributed by atoms with Crippen LogP contribution in [0.4, 0.5) is 14.5 Å². The molecule has 1 amide bonds. The number of benzene rings is 1. The third-order valence-electron chi connectivity index (χ3n) is 4.67. The van der Waals surface area contributed by atoms with Crippen molar-refractivity contribution in [1.82, 2.24) is 4.98 Å². The highest BCUT2D eigenvalue weighted by Crippen LogP contribution is 2.20. The Kier molecular flexibility index (Phi) is 10.3. The summed E-state index contributed by atoms with van der Waals surface area (Å²) < 4.78 is 39.8. The van der Waals surface area contributed by atoms with Gasteiger partial charge < -0.3 is 19.5 Å². The molecule has 1 aromatic heterocycles. The Labute approximate surface area is 181 Å². The quantitative estimate of drug-likeness (QED) is 0.758. The number of methoxy groups -OCH3 is 1. The molecule has 0 aliphatic carbocycles. The van der Waals surface area contributed by atoms with Gasteiger partial charge in [0.15, 0.2) is 11.6 Å². The number of amides is 1. The van der Waals surface area contributed by atoms with Crippen molar-refractivity contribution in [2.45, 2.75) is 51.7 Å². The molecule has 0 radical (unpaired) electrons. The number of nitrogens with zero attached hydrogens (tertiary/aromatic N) is 1. The van der Waals surface area contributed by atoms with E-state index in [0.717, 1.165) is 43.5 Å². The monoisotopic (exact) mass is 436 g/mol. The SMILES string of the molecule is C1CCOC1.COc1cccc(F)c1F.Cc1ccc(NC(=O)C2CCC(C)O2)cn1. The molecule has 0 saturated carbocycles. The second-order valence-electron chi connectivity index (χ2n) is 7.27. The van der Waals surface area contributed by atoms with Crippen LogP contribution in [-0.4, -0.2) is 43.4 Å². The minimum absolute atomic E-state index is 0.0694. The van der Waals surface area contributed by atoms with Crippen molar-refractivity contribution in [2.24, 2.45) is 0 Å². The topological polar surface area (TPSA) is 69.7 Å². The van der Waals surface area contributed by atoms with E-state index in [4.69, 9.17) is 9.47 Å². The molecule has 3 heterocycles. The van der Waals surface area contributed by atoms with Crippen molar-refractivity contribution < 1.29 is 27.8 Å². The van der Waals surface area contributed by atoms with Crippen LogP contribution in [0.5, 0.6) is 5.75 Å². The van der Waals surface area contributed by atoms with E-state index in [-0.39, 0.29) is 23.9 Å². The van der Waals surface area contributed by atoms with Crippen molar-refractivity contribution in [3.63, 3.8) is 0 Å². The van der Waals surface area contributed by atoms with Gasteiger partial charge in [-0.05, 0) is 63.8 Å². The number of aryl methyl sites for hydroxylation is 1. The summed E-state index contributed by atoms with van der Waals surface area (Å²) in [6, 6.07) is 7.50. The molecule has 0 bridgehead atoms. The average Bonchev–Trinajstić information content (AvgIpc) is 3.47. The number of rotatable bonds is 3. The van der Waals surface area contributed by atoms with Crippen molar-refractivity contribution in [3.05, 3.63) is 53.9 Å². The molecule has 8 heteroatoms. The van der Waals surface area contributed by atoms with Crippen LogP contribution in [-0.2, 0) is 14.3 Å². The number of anilines is 1. The lowest BCUT2D eigenvalue weighted by Gasteiger charge is -2.11. The molecule has 4 rings (SSSR count). The molecular weight excluding hydrogens is 406 g/mol. The number of hydrogen-bond acceptors (Lipinski definition) is 5. The lowest BCUT2D eigenvalue weighted by atomic mass is 10.2. The first kappa shape index (κ1) is 24.7. The van der Waals surface area contributed by atoms with E-state index >= 15 is 0 Å². The minimum Gasteiger partial charge on any atom is -0.494 e. The van der Waals surface area contributed by atoms with Crippen LogP contribution < -0.4 is 10.1 Å². The van der Waals surface area contributed by atoms with E-state index in [1.165, 1.54) is 32.1 Å². The third-order valence-corrected chi connectivity index (χ3v) is 4.67. The normalized spacial score (nSPS) is 19.5. The molecule has 1 N–H and O–H groups in total. The highest BCUT2D eigenvalue weighted by Gasteiger charge is 2.28. The van der Waals surface area contributed by atoms with E-state index in [9.17, 15) is 13.6 Å². The van der Waals surface area contributed by atoms with E-state index in [1.807, 2.05) is 26.0 Å². The minimum atomic E-state index is -0.940. The second kappa shape index (κ2) is 13.0. The van der Waals surface area contributed by atoms with Gasteiger partial charge in [0.25, 0.3) is 5.91 Å². The zero-order valence-corrected chi connectivity index (χ0v) is 18.2. The molecule has 6 nitrogen and oxygen atoms in total. The molecule has 170 valence electrons. The molecule has 0 spiro atoms. The van der Waals surface area contributed by atoms with Gasteiger partial charge in [-0.15, -0.1) is 0 Å². The molecule has 2 saturated heterocycles. The Morgan fingerprint density at radius 2 is 1.90 bits per heavy atom. The molecule has 2 unspecified atom stereocenters. The Morgan fingerprint density at radius 3 is 2.39 bits per heavy atom.